The summed E-state index contributed by atoms with van der Waals surface area (Å²) in [4.78, 5) is 3.44. The molecule has 78 valence electrons. The molecule has 2 heteroatoms. The van der Waals surface area contributed by atoms with Gasteiger partial charge >= 0.3 is 0 Å². The highest BCUT2D eigenvalue weighted by Crippen LogP contribution is 2.24. The lowest BCUT2D eigenvalue weighted by Gasteiger charge is -1.97. The molecular weight excluding hydrogens is 309 g/mol. The van der Waals surface area contributed by atoms with Crippen LogP contribution in [0.3, 0.4) is 0 Å². The van der Waals surface area contributed by atoms with Gasteiger partial charge in [0.25, 0.3) is 0 Å². The lowest BCUT2D eigenvalue weighted by Crippen LogP contribution is -1.77. The predicted octanol–water partition coefficient (Wildman–Crippen LogP) is 4.44. The Labute approximate surface area is 108 Å². The topological polar surface area (TPSA) is 15.8 Å². The maximum absolute atomic E-state index is 3.44. The average Bonchev–Trinajstić information content (AvgIpc) is 2.72. The third-order valence-corrected chi connectivity index (χ3v) is 3.34. The molecule has 3 rings (SSSR count). The van der Waals surface area contributed by atoms with Crippen LogP contribution in [-0.4, -0.2) is 4.98 Å². The van der Waals surface area contributed by atoms with Crippen molar-refractivity contribution in [1.82, 2.24) is 4.98 Å². The number of hydrogen-bond donors (Lipinski definition) is 1. The summed E-state index contributed by atoms with van der Waals surface area (Å²) in [5.74, 6) is 0. The van der Waals surface area contributed by atoms with Gasteiger partial charge in [-0.1, -0.05) is 30.3 Å². The van der Waals surface area contributed by atoms with Gasteiger partial charge in [-0.15, -0.1) is 0 Å². The lowest BCUT2D eigenvalue weighted by atomic mass is 10.1. The van der Waals surface area contributed by atoms with Crippen LogP contribution in [0.25, 0.3) is 22.2 Å². The Kier molecular flexibility index (Phi) is 2.44. The zero-order valence-electron chi connectivity index (χ0n) is 8.57. The maximum Gasteiger partial charge on any atom is 0.0465 e. The number of fused-ring (bicyclic) bond motifs is 1. The van der Waals surface area contributed by atoms with E-state index in [0.29, 0.717) is 0 Å². The summed E-state index contributed by atoms with van der Waals surface area (Å²) in [6.07, 6.45) is 0. The molecule has 0 fully saturated rings. The van der Waals surface area contributed by atoms with Gasteiger partial charge in [0, 0.05) is 20.2 Å². The van der Waals surface area contributed by atoms with Crippen LogP contribution in [0.1, 0.15) is 0 Å². The number of H-pyrrole nitrogens is 1. The summed E-state index contributed by atoms with van der Waals surface area (Å²) in [5, 5.41) is 1.26. The second-order valence-electron chi connectivity index (χ2n) is 3.78. The van der Waals surface area contributed by atoms with Gasteiger partial charge in [-0.2, -0.15) is 0 Å². The van der Waals surface area contributed by atoms with Crippen LogP contribution in [0.4, 0.5) is 0 Å². The van der Waals surface area contributed by atoms with E-state index < -0.39 is 0 Å². The van der Waals surface area contributed by atoms with Crippen LogP contribution in [0.5, 0.6) is 0 Å². The fourth-order valence-corrected chi connectivity index (χ4v) is 2.43. The molecule has 0 saturated heterocycles. The van der Waals surface area contributed by atoms with Crippen LogP contribution >= 0.6 is 22.6 Å². The second kappa shape index (κ2) is 3.94. The number of aromatic amines is 1. The minimum absolute atomic E-state index is 1.18. The number of benzene rings is 2. The van der Waals surface area contributed by atoms with Gasteiger partial charge in [-0.3, -0.25) is 0 Å². The molecule has 0 saturated carbocycles. The molecule has 1 nitrogen and oxygen atoms in total. The lowest BCUT2D eigenvalue weighted by molar-refractivity contribution is 1.45. The van der Waals surface area contributed by atoms with Gasteiger partial charge in [-0.05, 0) is 52.4 Å². The summed E-state index contributed by atoms with van der Waals surface area (Å²) in [6.45, 7) is 0. The molecule has 0 unspecified atom stereocenters. The largest absolute Gasteiger partial charge is 0.355 e. The van der Waals surface area contributed by atoms with Gasteiger partial charge < -0.3 is 4.98 Å². The molecule has 2 aromatic carbocycles. The number of halogens is 1. The van der Waals surface area contributed by atoms with Crippen LogP contribution in [0.2, 0.25) is 0 Å². The van der Waals surface area contributed by atoms with Gasteiger partial charge in [-0.25, -0.2) is 0 Å². The highest BCUT2D eigenvalue weighted by atomic mass is 127. The molecule has 0 aliphatic heterocycles. The monoisotopic (exact) mass is 319 g/mol. The van der Waals surface area contributed by atoms with E-state index in [1.807, 2.05) is 0 Å². The first-order valence-corrected chi connectivity index (χ1v) is 6.24. The van der Waals surface area contributed by atoms with Crippen molar-refractivity contribution < 1.29 is 0 Å². The molecule has 1 N–H and O–H groups in total. The Morgan fingerprint density at radius 1 is 0.875 bits per heavy atom. The van der Waals surface area contributed by atoms with E-state index in [-0.39, 0.29) is 0 Å². The van der Waals surface area contributed by atoms with Crippen molar-refractivity contribution in [2.45, 2.75) is 0 Å². The zero-order chi connectivity index (χ0) is 11.0. The fraction of sp³-hybridized carbons (Fsp3) is 0. The van der Waals surface area contributed by atoms with Crippen molar-refractivity contribution in [2.75, 3.05) is 0 Å². The quantitative estimate of drug-likeness (QED) is 0.638. The number of aromatic nitrogens is 1. The number of nitrogens with one attached hydrogen (secondary N) is 1. The van der Waals surface area contributed by atoms with Gasteiger partial charge in [0.2, 0.25) is 0 Å². The highest BCUT2D eigenvalue weighted by molar-refractivity contribution is 14.1. The molecule has 16 heavy (non-hydrogen) atoms. The molecule has 1 heterocycles. The Hall–Kier alpha value is -1.29. The minimum Gasteiger partial charge on any atom is -0.355 e. The second-order valence-corrected chi connectivity index (χ2v) is 5.03. The van der Waals surface area contributed by atoms with E-state index in [1.54, 1.807) is 0 Å². The summed E-state index contributed by atoms with van der Waals surface area (Å²) < 4.78 is 1.26. The van der Waals surface area contributed by atoms with E-state index in [9.17, 15) is 0 Å². The summed E-state index contributed by atoms with van der Waals surface area (Å²) in [6, 6.07) is 19.1. The Morgan fingerprint density at radius 2 is 1.75 bits per heavy atom. The number of hydrogen-bond acceptors (Lipinski definition) is 0. The van der Waals surface area contributed by atoms with Crippen molar-refractivity contribution in [2.24, 2.45) is 0 Å². The Morgan fingerprint density at radius 3 is 2.56 bits per heavy atom. The zero-order valence-corrected chi connectivity index (χ0v) is 10.7. The average molecular weight is 319 g/mol. The summed E-state index contributed by atoms with van der Waals surface area (Å²) in [5.41, 5.74) is 3.61. The first-order valence-electron chi connectivity index (χ1n) is 5.17. The van der Waals surface area contributed by atoms with Crippen LogP contribution in [0, 0.1) is 3.57 Å². The molecule has 0 spiro atoms. The summed E-state index contributed by atoms with van der Waals surface area (Å²) >= 11 is 2.34. The fourth-order valence-electron chi connectivity index (χ4n) is 1.88. The molecule has 0 aliphatic carbocycles. The SMILES string of the molecule is Ic1cccc(-c2cc3ccccc3[nH]2)c1. The standard InChI is InChI=1S/C14H10IN/c15-12-6-3-5-10(8-12)14-9-11-4-1-2-7-13(11)16-14/h1-9,16H. The van der Waals surface area contributed by atoms with E-state index >= 15 is 0 Å². The van der Waals surface area contributed by atoms with Crippen molar-refractivity contribution in [3.63, 3.8) is 0 Å². The molecule has 0 bridgehead atoms. The normalized spacial score (nSPS) is 10.8. The minimum atomic E-state index is 1.18. The van der Waals surface area contributed by atoms with E-state index in [1.165, 1.54) is 25.7 Å². The van der Waals surface area contributed by atoms with Crippen molar-refractivity contribution >= 4 is 33.5 Å². The molecule has 0 amide bonds. The third kappa shape index (κ3) is 1.73. The van der Waals surface area contributed by atoms with Crippen molar-refractivity contribution in [3.05, 3.63) is 58.2 Å². The highest BCUT2D eigenvalue weighted by Gasteiger charge is 2.02. The van der Waals surface area contributed by atoms with Gasteiger partial charge in [0.15, 0.2) is 0 Å². The first-order chi connectivity index (χ1) is 7.83. The molecule has 0 aliphatic rings. The predicted molar refractivity (Wildman–Crippen MR) is 76.5 cm³/mol. The number of para-hydroxylation sites is 1. The number of rotatable bonds is 1. The van der Waals surface area contributed by atoms with E-state index in [2.05, 4.69) is 82.2 Å². The Bertz CT molecular complexity index is 607. The van der Waals surface area contributed by atoms with Crippen molar-refractivity contribution in [3.8, 4) is 11.3 Å². The Balaban J connectivity index is 2.19. The molecule has 1 aromatic heterocycles. The third-order valence-electron chi connectivity index (χ3n) is 2.67. The summed E-state index contributed by atoms with van der Waals surface area (Å²) in [7, 11) is 0. The first kappa shape index (κ1) is 9.90. The smallest absolute Gasteiger partial charge is 0.0465 e. The van der Waals surface area contributed by atoms with Gasteiger partial charge in [0.1, 0.15) is 0 Å². The maximum atomic E-state index is 3.44. The van der Waals surface area contributed by atoms with Crippen LogP contribution in [-0.2, 0) is 0 Å². The van der Waals surface area contributed by atoms with Crippen LogP contribution in [0.15, 0.2) is 54.6 Å². The van der Waals surface area contributed by atoms with E-state index in [4.69, 9.17) is 0 Å². The van der Waals surface area contributed by atoms with Crippen molar-refractivity contribution in [1.29, 1.82) is 0 Å². The van der Waals surface area contributed by atoms with Gasteiger partial charge in [0.05, 0.1) is 0 Å². The van der Waals surface area contributed by atoms with E-state index in [0.717, 1.165) is 0 Å². The molecule has 0 radical (unpaired) electrons. The molecular formula is C14H10IN. The molecule has 3 aromatic rings. The van der Waals surface area contributed by atoms with Crippen LogP contribution < -0.4 is 0 Å². The molecule has 0 atom stereocenters.